The third-order valence-corrected chi connectivity index (χ3v) is 4.59. The SMILES string of the molecule is Cn1c(-c2cc(F)c(Cl)cc2Cl)nnc1C(C)(C)Oc1c(F)cc(F)cc1F. The number of ether oxygens (including phenoxy) is 1. The van der Waals surface area contributed by atoms with E-state index in [0.29, 0.717) is 12.1 Å². The molecule has 0 bridgehead atoms. The van der Waals surface area contributed by atoms with Gasteiger partial charge in [-0.2, -0.15) is 0 Å². The van der Waals surface area contributed by atoms with Crippen LogP contribution in [0.2, 0.25) is 10.0 Å². The molecule has 0 aliphatic rings. The van der Waals surface area contributed by atoms with Crippen LogP contribution < -0.4 is 4.74 Å². The highest BCUT2D eigenvalue weighted by Gasteiger charge is 2.32. The monoisotopic (exact) mass is 433 g/mol. The molecule has 0 N–H and O–H groups in total. The van der Waals surface area contributed by atoms with E-state index in [1.54, 1.807) is 7.05 Å². The highest BCUT2D eigenvalue weighted by molar-refractivity contribution is 6.36. The Kier molecular flexibility index (Phi) is 5.29. The number of hydrogen-bond donors (Lipinski definition) is 0. The van der Waals surface area contributed by atoms with E-state index in [9.17, 15) is 17.6 Å². The molecule has 3 rings (SSSR count). The topological polar surface area (TPSA) is 39.9 Å². The zero-order valence-corrected chi connectivity index (χ0v) is 16.3. The van der Waals surface area contributed by atoms with E-state index in [4.69, 9.17) is 27.9 Å². The second-order valence-corrected chi connectivity index (χ2v) is 7.28. The van der Waals surface area contributed by atoms with E-state index < -0.39 is 34.6 Å². The summed E-state index contributed by atoms with van der Waals surface area (Å²) in [5, 5.41) is 7.95. The maximum Gasteiger partial charge on any atom is 0.192 e. The summed E-state index contributed by atoms with van der Waals surface area (Å²) in [5.74, 6) is -4.57. The van der Waals surface area contributed by atoms with Crippen molar-refractivity contribution in [1.82, 2.24) is 14.8 Å². The molecule has 2 aromatic carbocycles. The van der Waals surface area contributed by atoms with Gasteiger partial charge in [0.25, 0.3) is 0 Å². The zero-order chi connectivity index (χ0) is 20.8. The Morgan fingerprint density at radius 1 is 0.893 bits per heavy atom. The van der Waals surface area contributed by atoms with Gasteiger partial charge in [-0.25, -0.2) is 17.6 Å². The van der Waals surface area contributed by atoms with Crippen LogP contribution in [-0.2, 0) is 12.6 Å². The van der Waals surface area contributed by atoms with Gasteiger partial charge in [-0.1, -0.05) is 23.2 Å². The van der Waals surface area contributed by atoms with E-state index in [1.165, 1.54) is 24.5 Å². The molecule has 1 aromatic heterocycles. The Morgan fingerprint density at radius 2 is 1.50 bits per heavy atom. The molecule has 1 heterocycles. The van der Waals surface area contributed by atoms with Crippen LogP contribution in [0, 0.1) is 23.3 Å². The fourth-order valence-electron chi connectivity index (χ4n) is 2.71. The minimum Gasteiger partial charge on any atom is -0.474 e. The van der Waals surface area contributed by atoms with Gasteiger partial charge in [-0.3, -0.25) is 0 Å². The van der Waals surface area contributed by atoms with E-state index >= 15 is 0 Å². The first-order valence-electron chi connectivity index (χ1n) is 7.89. The smallest absolute Gasteiger partial charge is 0.192 e. The van der Waals surface area contributed by atoms with Gasteiger partial charge in [-0.05, 0) is 26.0 Å². The van der Waals surface area contributed by atoms with Crippen LogP contribution in [0.3, 0.4) is 0 Å². The standard InChI is InChI=1S/C18H13Cl2F4N3O/c1-18(2,28-15-13(23)4-8(21)5-14(15)24)17-26-25-16(27(17)3)9-6-12(22)11(20)7-10(9)19/h4-7H,1-3H3. The summed E-state index contributed by atoms with van der Waals surface area (Å²) >= 11 is 11.8. The predicted octanol–water partition coefficient (Wildman–Crippen LogP) is 5.66. The van der Waals surface area contributed by atoms with Crippen molar-refractivity contribution in [3.63, 3.8) is 0 Å². The molecular weight excluding hydrogens is 421 g/mol. The Morgan fingerprint density at radius 3 is 2.11 bits per heavy atom. The van der Waals surface area contributed by atoms with Crippen LogP contribution >= 0.6 is 23.2 Å². The van der Waals surface area contributed by atoms with Crippen LogP contribution in [0.15, 0.2) is 24.3 Å². The summed E-state index contributed by atoms with van der Waals surface area (Å²) in [6, 6.07) is 3.35. The first-order chi connectivity index (χ1) is 13.0. The molecule has 0 saturated heterocycles. The van der Waals surface area contributed by atoms with Crippen LogP contribution in [0.4, 0.5) is 17.6 Å². The van der Waals surface area contributed by atoms with Gasteiger partial charge in [0.2, 0.25) is 0 Å². The Labute approximate surface area is 167 Å². The molecule has 0 radical (unpaired) electrons. The lowest BCUT2D eigenvalue weighted by atomic mass is 10.1. The van der Waals surface area contributed by atoms with Crippen molar-refractivity contribution in [3.05, 3.63) is 63.4 Å². The minimum absolute atomic E-state index is 0.141. The third kappa shape index (κ3) is 3.66. The molecule has 3 aromatic rings. The highest BCUT2D eigenvalue weighted by Crippen LogP contribution is 2.35. The summed E-state index contributed by atoms with van der Waals surface area (Å²) in [4.78, 5) is 0. The molecule has 0 unspecified atom stereocenters. The second-order valence-electron chi connectivity index (χ2n) is 6.46. The molecule has 10 heteroatoms. The number of hydrogen-bond acceptors (Lipinski definition) is 3. The van der Waals surface area contributed by atoms with Gasteiger partial charge in [0.05, 0.1) is 10.0 Å². The van der Waals surface area contributed by atoms with Crippen molar-refractivity contribution in [2.45, 2.75) is 19.4 Å². The van der Waals surface area contributed by atoms with Gasteiger partial charge < -0.3 is 9.30 Å². The first kappa shape index (κ1) is 20.4. The van der Waals surface area contributed by atoms with Crippen LogP contribution in [-0.4, -0.2) is 14.8 Å². The molecule has 28 heavy (non-hydrogen) atoms. The van der Waals surface area contributed by atoms with Crippen molar-refractivity contribution < 1.29 is 22.3 Å². The fourth-order valence-corrected chi connectivity index (χ4v) is 3.18. The molecule has 0 saturated carbocycles. The minimum atomic E-state index is -1.38. The molecular formula is C18H13Cl2F4N3O. The zero-order valence-electron chi connectivity index (χ0n) is 14.8. The van der Waals surface area contributed by atoms with Crippen LogP contribution in [0.1, 0.15) is 19.7 Å². The van der Waals surface area contributed by atoms with Gasteiger partial charge in [0.1, 0.15) is 11.6 Å². The molecule has 4 nitrogen and oxygen atoms in total. The van der Waals surface area contributed by atoms with Crippen molar-refractivity contribution in [2.24, 2.45) is 7.05 Å². The molecule has 0 spiro atoms. The summed E-state index contributed by atoms with van der Waals surface area (Å²) in [5.41, 5.74) is -1.16. The number of halogens is 6. The Bertz CT molecular complexity index is 1050. The van der Waals surface area contributed by atoms with E-state index in [-0.39, 0.29) is 27.3 Å². The summed E-state index contributed by atoms with van der Waals surface area (Å²) in [6.07, 6.45) is 0. The third-order valence-electron chi connectivity index (χ3n) is 3.98. The van der Waals surface area contributed by atoms with E-state index in [1.807, 2.05) is 0 Å². The second kappa shape index (κ2) is 7.25. The molecule has 148 valence electrons. The lowest BCUT2D eigenvalue weighted by Gasteiger charge is -2.26. The number of rotatable bonds is 4. The van der Waals surface area contributed by atoms with Gasteiger partial charge >= 0.3 is 0 Å². The maximum absolute atomic E-state index is 13.9. The summed E-state index contributed by atoms with van der Waals surface area (Å²) < 4.78 is 61.7. The summed E-state index contributed by atoms with van der Waals surface area (Å²) in [6.45, 7) is 2.99. The normalized spacial score (nSPS) is 11.8. The van der Waals surface area contributed by atoms with E-state index in [0.717, 1.165) is 6.07 Å². The summed E-state index contributed by atoms with van der Waals surface area (Å²) in [7, 11) is 1.55. The van der Waals surface area contributed by atoms with Gasteiger partial charge in [0.15, 0.2) is 34.6 Å². The number of benzene rings is 2. The number of aromatic nitrogens is 3. The van der Waals surface area contributed by atoms with Gasteiger partial charge in [-0.15, -0.1) is 10.2 Å². The predicted molar refractivity (Wildman–Crippen MR) is 96.4 cm³/mol. The highest BCUT2D eigenvalue weighted by atomic mass is 35.5. The molecule has 0 aliphatic heterocycles. The molecule has 0 amide bonds. The largest absolute Gasteiger partial charge is 0.474 e. The van der Waals surface area contributed by atoms with Crippen molar-refractivity contribution in [3.8, 4) is 17.1 Å². The Hall–Kier alpha value is -2.32. The van der Waals surface area contributed by atoms with Crippen LogP contribution in [0.5, 0.6) is 5.75 Å². The first-order valence-corrected chi connectivity index (χ1v) is 8.65. The molecule has 0 aliphatic carbocycles. The average molecular weight is 434 g/mol. The molecule has 0 atom stereocenters. The number of nitrogens with zero attached hydrogens (tertiary/aromatic N) is 3. The molecule has 0 fully saturated rings. The van der Waals surface area contributed by atoms with Crippen LogP contribution in [0.25, 0.3) is 11.4 Å². The van der Waals surface area contributed by atoms with Gasteiger partial charge in [0, 0.05) is 24.7 Å². The fraction of sp³-hybridized carbons (Fsp3) is 0.222. The van der Waals surface area contributed by atoms with Crippen molar-refractivity contribution in [2.75, 3.05) is 0 Å². The Balaban J connectivity index is 2.03. The maximum atomic E-state index is 13.9. The quantitative estimate of drug-likeness (QED) is 0.393. The van der Waals surface area contributed by atoms with Crippen molar-refractivity contribution in [1.29, 1.82) is 0 Å². The lowest BCUT2D eigenvalue weighted by molar-refractivity contribution is 0.0833. The van der Waals surface area contributed by atoms with E-state index in [2.05, 4.69) is 10.2 Å². The lowest BCUT2D eigenvalue weighted by Crippen LogP contribution is -2.30. The van der Waals surface area contributed by atoms with Crippen molar-refractivity contribution >= 4 is 23.2 Å². The average Bonchev–Trinajstić information content (AvgIpc) is 2.96.